The van der Waals surface area contributed by atoms with Gasteiger partial charge in [-0.15, -0.1) is 0 Å². The van der Waals surface area contributed by atoms with Gasteiger partial charge < -0.3 is 10.0 Å². The zero-order valence-corrected chi connectivity index (χ0v) is 9.41. The highest BCUT2D eigenvalue weighted by molar-refractivity contribution is 5.92. The van der Waals surface area contributed by atoms with Gasteiger partial charge in [0, 0.05) is 13.0 Å². The predicted molar refractivity (Wildman–Crippen MR) is 54.6 cm³/mol. The highest BCUT2D eigenvalue weighted by atomic mass is 16.4. The lowest BCUT2D eigenvalue weighted by Gasteiger charge is -2.58. The molecule has 0 aromatic carbocycles. The third-order valence-electron chi connectivity index (χ3n) is 4.09. The Morgan fingerprint density at radius 2 is 2.13 bits per heavy atom. The third-order valence-corrected chi connectivity index (χ3v) is 4.09. The summed E-state index contributed by atoms with van der Waals surface area (Å²) in [6.07, 6.45) is 0.336. The van der Waals surface area contributed by atoms with Gasteiger partial charge in [0.25, 0.3) is 0 Å². The molecule has 84 valence electrons. The Labute approximate surface area is 89.3 Å². The molecule has 0 bridgehead atoms. The fourth-order valence-corrected chi connectivity index (χ4v) is 3.16. The van der Waals surface area contributed by atoms with Crippen LogP contribution in [0.4, 0.5) is 4.79 Å². The molecule has 1 saturated heterocycles. The van der Waals surface area contributed by atoms with Crippen molar-refractivity contribution < 1.29 is 14.7 Å². The van der Waals surface area contributed by atoms with E-state index < -0.39 is 11.5 Å². The smallest absolute Gasteiger partial charge is 0.407 e. The lowest BCUT2D eigenvalue weighted by Crippen LogP contribution is -2.70. The summed E-state index contributed by atoms with van der Waals surface area (Å²) >= 11 is 0. The highest BCUT2D eigenvalue weighted by Gasteiger charge is 2.67. The van der Waals surface area contributed by atoms with Crippen molar-refractivity contribution in [3.8, 4) is 0 Å². The van der Waals surface area contributed by atoms with E-state index in [-0.39, 0.29) is 17.2 Å². The lowest BCUT2D eigenvalue weighted by molar-refractivity contribution is -0.152. The Morgan fingerprint density at radius 1 is 1.53 bits per heavy atom. The van der Waals surface area contributed by atoms with Crippen molar-refractivity contribution in [2.75, 3.05) is 6.54 Å². The molecule has 0 spiro atoms. The summed E-state index contributed by atoms with van der Waals surface area (Å²) in [5, 5.41) is 8.96. The molecule has 15 heavy (non-hydrogen) atoms. The van der Waals surface area contributed by atoms with Gasteiger partial charge in [-0.2, -0.15) is 0 Å². The number of ketones is 1. The van der Waals surface area contributed by atoms with Crippen LogP contribution >= 0.6 is 0 Å². The van der Waals surface area contributed by atoms with Crippen LogP contribution in [0.15, 0.2) is 0 Å². The van der Waals surface area contributed by atoms with Crippen LogP contribution in [0.1, 0.15) is 33.6 Å². The van der Waals surface area contributed by atoms with Gasteiger partial charge >= 0.3 is 6.09 Å². The fourth-order valence-electron chi connectivity index (χ4n) is 3.16. The number of amides is 1. The minimum Gasteiger partial charge on any atom is -0.465 e. The summed E-state index contributed by atoms with van der Waals surface area (Å²) in [6.45, 7) is 6.47. The third kappa shape index (κ3) is 1.08. The largest absolute Gasteiger partial charge is 0.465 e. The minimum atomic E-state index is -0.894. The van der Waals surface area contributed by atoms with E-state index in [0.717, 1.165) is 0 Å². The molecule has 2 fully saturated rings. The summed E-state index contributed by atoms with van der Waals surface area (Å²) in [5.74, 6) is 0.248. The summed E-state index contributed by atoms with van der Waals surface area (Å²) in [5.41, 5.74) is -0.553. The molecule has 0 radical (unpaired) electrons. The quantitative estimate of drug-likeness (QED) is 0.664. The Hall–Kier alpha value is -1.06. The molecule has 1 aliphatic carbocycles. The van der Waals surface area contributed by atoms with Crippen LogP contribution in [-0.4, -0.2) is 34.5 Å². The Balaban J connectivity index is 2.33. The lowest BCUT2D eigenvalue weighted by atomic mass is 9.57. The van der Waals surface area contributed by atoms with E-state index >= 15 is 0 Å². The molecule has 2 rings (SSSR count). The molecule has 2 atom stereocenters. The van der Waals surface area contributed by atoms with Gasteiger partial charge in [-0.25, -0.2) is 4.79 Å². The van der Waals surface area contributed by atoms with Crippen molar-refractivity contribution in [1.82, 2.24) is 4.90 Å². The average Bonchev–Trinajstić information content (AvgIpc) is 2.21. The molecule has 4 nitrogen and oxygen atoms in total. The maximum Gasteiger partial charge on any atom is 0.407 e. The number of rotatable bonds is 0. The standard InChI is InChI=1S/C11H17NO3/c1-10(2,3)11-6-12(9(14)15)7(11)4-5-8(11)13/h7H,4-6H2,1-3H3,(H,14,15)/t7-,11+/m0/s1. The van der Waals surface area contributed by atoms with E-state index in [2.05, 4.69) is 0 Å². The van der Waals surface area contributed by atoms with Crippen LogP contribution in [-0.2, 0) is 4.79 Å². The van der Waals surface area contributed by atoms with Crippen LogP contribution in [0.3, 0.4) is 0 Å². The first-order chi connectivity index (χ1) is 6.80. The molecular weight excluding hydrogens is 194 g/mol. The molecule has 1 aliphatic heterocycles. The number of Topliss-reactive ketones (excluding diaryl/α,β-unsaturated/α-hetero) is 1. The number of fused-ring (bicyclic) bond motifs is 1. The first-order valence-electron chi connectivity index (χ1n) is 5.33. The van der Waals surface area contributed by atoms with Crippen LogP contribution in [0.25, 0.3) is 0 Å². The second-order valence-electron chi connectivity index (χ2n) is 5.61. The zero-order chi connectivity index (χ0) is 11.4. The molecule has 1 amide bonds. The number of carboxylic acid groups (broad SMARTS) is 1. The normalized spacial score (nSPS) is 35.0. The minimum absolute atomic E-state index is 0.0810. The molecule has 4 heteroatoms. The molecule has 2 aliphatic rings. The zero-order valence-electron chi connectivity index (χ0n) is 9.41. The van der Waals surface area contributed by atoms with Crippen molar-refractivity contribution in [3.63, 3.8) is 0 Å². The maximum atomic E-state index is 12.0. The van der Waals surface area contributed by atoms with E-state index in [4.69, 9.17) is 5.11 Å². The van der Waals surface area contributed by atoms with Gasteiger partial charge in [-0.1, -0.05) is 20.8 Å². The maximum absolute atomic E-state index is 12.0. The number of carbonyl (C=O) groups excluding carboxylic acids is 1. The van der Waals surface area contributed by atoms with E-state index in [0.29, 0.717) is 19.4 Å². The number of hydrogen-bond donors (Lipinski definition) is 1. The fraction of sp³-hybridized carbons (Fsp3) is 0.818. The van der Waals surface area contributed by atoms with Crippen LogP contribution < -0.4 is 0 Å². The molecule has 1 heterocycles. The Morgan fingerprint density at radius 3 is 2.60 bits per heavy atom. The molecule has 0 aromatic rings. The second-order valence-corrected chi connectivity index (χ2v) is 5.61. The SMILES string of the molecule is CC(C)(C)[C@]12CN(C(=O)O)[C@H]1CCC2=O. The van der Waals surface area contributed by atoms with Crippen molar-refractivity contribution in [3.05, 3.63) is 0 Å². The molecule has 1 N–H and O–H groups in total. The van der Waals surface area contributed by atoms with Gasteiger partial charge in [0.15, 0.2) is 0 Å². The van der Waals surface area contributed by atoms with E-state index in [1.807, 2.05) is 20.8 Å². The van der Waals surface area contributed by atoms with E-state index in [9.17, 15) is 9.59 Å². The van der Waals surface area contributed by atoms with E-state index in [1.54, 1.807) is 0 Å². The number of carbonyl (C=O) groups is 2. The topological polar surface area (TPSA) is 57.6 Å². The summed E-state index contributed by atoms with van der Waals surface area (Å²) in [7, 11) is 0. The predicted octanol–water partition coefficient (Wildman–Crippen LogP) is 1.74. The summed E-state index contributed by atoms with van der Waals surface area (Å²) < 4.78 is 0. The van der Waals surface area contributed by atoms with Gasteiger partial charge in [-0.05, 0) is 11.8 Å². The second kappa shape index (κ2) is 2.74. The van der Waals surface area contributed by atoms with Gasteiger partial charge in [-0.3, -0.25) is 4.79 Å². The monoisotopic (exact) mass is 211 g/mol. The first-order valence-corrected chi connectivity index (χ1v) is 5.33. The summed E-state index contributed by atoms with van der Waals surface area (Å²) in [4.78, 5) is 24.3. The van der Waals surface area contributed by atoms with Crippen LogP contribution in [0.5, 0.6) is 0 Å². The molecular formula is C11H17NO3. The van der Waals surface area contributed by atoms with Gasteiger partial charge in [0.05, 0.1) is 11.5 Å². The van der Waals surface area contributed by atoms with Crippen molar-refractivity contribution >= 4 is 11.9 Å². The first kappa shape index (κ1) is 10.5. The molecule has 0 unspecified atom stereocenters. The Kier molecular flexibility index (Phi) is 1.91. The summed E-state index contributed by atoms with van der Waals surface area (Å²) in [6, 6.07) is -0.0810. The van der Waals surface area contributed by atoms with E-state index in [1.165, 1.54) is 4.90 Å². The Bertz CT molecular complexity index is 331. The van der Waals surface area contributed by atoms with Crippen LogP contribution in [0, 0.1) is 10.8 Å². The van der Waals surface area contributed by atoms with Gasteiger partial charge in [0.2, 0.25) is 0 Å². The molecule has 0 aromatic heterocycles. The van der Waals surface area contributed by atoms with Crippen molar-refractivity contribution in [2.45, 2.75) is 39.7 Å². The number of likely N-dealkylation sites (tertiary alicyclic amines) is 1. The average molecular weight is 211 g/mol. The molecule has 1 saturated carbocycles. The number of hydrogen-bond acceptors (Lipinski definition) is 2. The highest BCUT2D eigenvalue weighted by Crippen LogP contribution is 2.57. The van der Waals surface area contributed by atoms with Crippen molar-refractivity contribution in [2.24, 2.45) is 10.8 Å². The van der Waals surface area contributed by atoms with Crippen LogP contribution in [0.2, 0.25) is 0 Å². The van der Waals surface area contributed by atoms with Gasteiger partial charge in [0.1, 0.15) is 5.78 Å². The number of nitrogens with zero attached hydrogens (tertiary/aromatic N) is 1. The van der Waals surface area contributed by atoms with Crippen molar-refractivity contribution in [1.29, 1.82) is 0 Å².